The van der Waals surface area contributed by atoms with Crippen LogP contribution in [0.4, 0.5) is 4.79 Å². The van der Waals surface area contributed by atoms with Gasteiger partial charge in [0.2, 0.25) is 0 Å². The Bertz CT molecular complexity index is 291. The minimum Gasteiger partial charge on any atom is -0.449 e. The average molecular weight is 239 g/mol. The SMILES string of the molecule is CCOC(=O)NS(=O)(=O)N(C)CCCN. The van der Waals surface area contributed by atoms with Crippen molar-refractivity contribution in [2.75, 3.05) is 26.7 Å². The summed E-state index contributed by atoms with van der Waals surface area (Å²) >= 11 is 0. The van der Waals surface area contributed by atoms with E-state index in [2.05, 4.69) is 4.74 Å². The summed E-state index contributed by atoms with van der Waals surface area (Å²) < 4.78 is 30.0. The third kappa shape index (κ3) is 5.55. The van der Waals surface area contributed by atoms with Crippen molar-refractivity contribution in [1.82, 2.24) is 9.03 Å². The second-order valence-electron chi connectivity index (χ2n) is 2.79. The van der Waals surface area contributed by atoms with Crippen LogP contribution in [0.2, 0.25) is 0 Å². The molecule has 0 bridgehead atoms. The number of nitrogens with two attached hydrogens (primary N) is 1. The normalized spacial score (nSPS) is 11.5. The van der Waals surface area contributed by atoms with Crippen LogP contribution in [0.1, 0.15) is 13.3 Å². The zero-order valence-corrected chi connectivity index (χ0v) is 9.71. The van der Waals surface area contributed by atoms with Gasteiger partial charge < -0.3 is 10.5 Å². The largest absolute Gasteiger partial charge is 0.449 e. The van der Waals surface area contributed by atoms with Gasteiger partial charge in [0.25, 0.3) is 0 Å². The molecule has 0 fully saturated rings. The summed E-state index contributed by atoms with van der Waals surface area (Å²) in [5.74, 6) is 0. The molecule has 0 radical (unpaired) electrons. The second-order valence-corrected chi connectivity index (χ2v) is 4.57. The first-order chi connectivity index (χ1) is 6.94. The maximum absolute atomic E-state index is 11.4. The van der Waals surface area contributed by atoms with Crippen molar-refractivity contribution in [3.8, 4) is 0 Å². The number of ether oxygens (including phenoxy) is 1. The van der Waals surface area contributed by atoms with Crippen molar-refractivity contribution < 1.29 is 17.9 Å². The first-order valence-electron chi connectivity index (χ1n) is 4.55. The molecule has 1 amide bonds. The third-order valence-electron chi connectivity index (χ3n) is 1.58. The molecule has 0 saturated carbocycles. The van der Waals surface area contributed by atoms with Gasteiger partial charge in [-0.05, 0) is 19.9 Å². The second kappa shape index (κ2) is 6.59. The molecule has 0 saturated heterocycles. The van der Waals surface area contributed by atoms with Crippen LogP contribution in [0.5, 0.6) is 0 Å². The molecule has 7 nitrogen and oxygen atoms in total. The molecule has 0 spiro atoms. The first-order valence-corrected chi connectivity index (χ1v) is 5.99. The summed E-state index contributed by atoms with van der Waals surface area (Å²) in [4.78, 5) is 10.9. The Labute approximate surface area is 89.7 Å². The lowest BCUT2D eigenvalue weighted by Crippen LogP contribution is -2.42. The van der Waals surface area contributed by atoms with Gasteiger partial charge in [-0.1, -0.05) is 0 Å². The lowest BCUT2D eigenvalue weighted by Gasteiger charge is -2.16. The van der Waals surface area contributed by atoms with E-state index in [-0.39, 0.29) is 13.2 Å². The van der Waals surface area contributed by atoms with Crippen LogP contribution < -0.4 is 10.5 Å². The maximum Gasteiger partial charge on any atom is 0.421 e. The highest BCUT2D eigenvalue weighted by molar-refractivity contribution is 7.87. The number of rotatable bonds is 6. The highest BCUT2D eigenvalue weighted by Crippen LogP contribution is 1.95. The van der Waals surface area contributed by atoms with Gasteiger partial charge in [0.15, 0.2) is 0 Å². The highest BCUT2D eigenvalue weighted by atomic mass is 32.2. The third-order valence-corrected chi connectivity index (χ3v) is 3.00. The number of hydrogen-bond donors (Lipinski definition) is 2. The molecule has 3 N–H and O–H groups in total. The molecular formula is C7H17N3O4S. The van der Waals surface area contributed by atoms with Crippen molar-refractivity contribution in [2.24, 2.45) is 5.73 Å². The van der Waals surface area contributed by atoms with E-state index in [0.717, 1.165) is 4.31 Å². The quantitative estimate of drug-likeness (QED) is 0.635. The molecule has 8 heteroatoms. The van der Waals surface area contributed by atoms with E-state index in [1.165, 1.54) is 7.05 Å². The predicted octanol–water partition coefficient (Wildman–Crippen LogP) is -0.742. The highest BCUT2D eigenvalue weighted by Gasteiger charge is 2.20. The maximum atomic E-state index is 11.4. The molecule has 90 valence electrons. The number of hydrogen-bond acceptors (Lipinski definition) is 5. The predicted molar refractivity (Wildman–Crippen MR) is 55.4 cm³/mol. The van der Waals surface area contributed by atoms with E-state index in [4.69, 9.17) is 5.73 Å². The minimum absolute atomic E-state index is 0.119. The zero-order valence-electron chi connectivity index (χ0n) is 8.89. The molecule has 0 aliphatic rings. The van der Waals surface area contributed by atoms with E-state index in [1.54, 1.807) is 11.6 Å². The molecule has 0 aromatic heterocycles. The van der Waals surface area contributed by atoms with E-state index in [9.17, 15) is 13.2 Å². The molecule has 0 aliphatic carbocycles. The number of amides is 1. The monoisotopic (exact) mass is 239 g/mol. The van der Waals surface area contributed by atoms with Crippen LogP contribution in [-0.2, 0) is 14.9 Å². The Morgan fingerprint density at radius 1 is 1.53 bits per heavy atom. The molecule has 0 aromatic rings. The minimum atomic E-state index is -3.80. The number of nitrogens with one attached hydrogen (secondary N) is 1. The fourth-order valence-electron chi connectivity index (χ4n) is 0.778. The van der Waals surface area contributed by atoms with Crippen LogP contribution in [0.3, 0.4) is 0 Å². The van der Waals surface area contributed by atoms with Crippen molar-refractivity contribution in [3.63, 3.8) is 0 Å². The van der Waals surface area contributed by atoms with Gasteiger partial charge in [0, 0.05) is 13.6 Å². The Morgan fingerprint density at radius 3 is 2.60 bits per heavy atom. The molecule has 0 atom stereocenters. The Hall–Kier alpha value is -0.860. The summed E-state index contributed by atoms with van der Waals surface area (Å²) in [7, 11) is -2.44. The van der Waals surface area contributed by atoms with Crippen molar-refractivity contribution in [1.29, 1.82) is 0 Å². The van der Waals surface area contributed by atoms with Gasteiger partial charge in [0.1, 0.15) is 0 Å². The van der Waals surface area contributed by atoms with Crippen LogP contribution >= 0.6 is 0 Å². The first kappa shape index (κ1) is 14.1. The number of nitrogens with zero attached hydrogens (tertiary/aromatic N) is 1. The fourth-order valence-corrected chi connectivity index (χ4v) is 1.57. The fraction of sp³-hybridized carbons (Fsp3) is 0.857. The number of carbonyl (C=O) groups excluding carboxylic acids is 1. The van der Waals surface area contributed by atoms with E-state index < -0.39 is 16.3 Å². The zero-order chi connectivity index (χ0) is 11.9. The van der Waals surface area contributed by atoms with Crippen molar-refractivity contribution in [2.45, 2.75) is 13.3 Å². The molecule has 0 aromatic carbocycles. The van der Waals surface area contributed by atoms with Crippen molar-refractivity contribution >= 4 is 16.3 Å². The average Bonchev–Trinajstić information content (AvgIpc) is 2.13. The van der Waals surface area contributed by atoms with Crippen LogP contribution in [0, 0.1) is 0 Å². The van der Waals surface area contributed by atoms with Gasteiger partial charge in [-0.3, -0.25) is 0 Å². The van der Waals surface area contributed by atoms with Gasteiger partial charge in [-0.15, -0.1) is 0 Å². The lowest BCUT2D eigenvalue weighted by molar-refractivity contribution is 0.158. The smallest absolute Gasteiger partial charge is 0.421 e. The van der Waals surface area contributed by atoms with E-state index in [1.807, 2.05) is 0 Å². The standard InChI is InChI=1S/C7H17N3O4S/c1-3-14-7(11)9-15(12,13)10(2)6-4-5-8/h3-6,8H2,1-2H3,(H,9,11). The molecule has 0 rings (SSSR count). The van der Waals surface area contributed by atoms with Crippen LogP contribution in [0.15, 0.2) is 0 Å². The Kier molecular flexibility index (Phi) is 6.21. The molecule has 0 aliphatic heterocycles. The molecule has 15 heavy (non-hydrogen) atoms. The number of carbonyl (C=O) groups is 1. The van der Waals surface area contributed by atoms with Gasteiger partial charge in [-0.2, -0.15) is 12.7 Å². The van der Waals surface area contributed by atoms with Gasteiger partial charge in [0.05, 0.1) is 6.61 Å². The molecule has 0 unspecified atom stereocenters. The summed E-state index contributed by atoms with van der Waals surface area (Å²) in [6.07, 6.45) is -0.447. The van der Waals surface area contributed by atoms with E-state index in [0.29, 0.717) is 13.0 Å². The van der Waals surface area contributed by atoms with Crippen LogP contribution in [-0.4, -0.2) is 45.6 Å². The summed E-state index contributed by atoms with van der Waals surface area (Å²) in [5, 5.41) is 0. The van der Waals surface area contributed by atoms with E-state index >= 15 is 0 Å². The topological polar surface area (TPSA) is 102 Å². The summed E-state index contributed by atoms with van der Waals surface area (Å²) in [6, 6.07) is 0. The van der Waals surface area contributed by atoms with Gasteiger partial charge in [-0.25, -0.2) is 9.52 Å². The van der Waals surface area contributed by atoms with Crippen LogP contribution in [0.25, 0.3) is 0 Å². The van der Waals surface area contributed by atoms with Crippen molar-refractivity contribution in [3.05, 3.63) is 0 Å². The summed E-state index contributed by atoms with van der Waals surface area (Å²) in [5.41, 5.74) is 5.24. The Balaban J connectivity index is 4.22. The van der Waals surface area contributed by atoms with Gasteiger partial charge >= 0.3 is 16.3 Å². The Morgan fingerprint density at radius 2 is 2.13 bits per heavy atom. The molecule has 0 heterocycles. The summed E-state index contributed by atoms with van der Waals surface area (Å²) in [6.45, 7) is 2.35. The molecular weight excluding hydrogens is 222 g/mol. The lowest BCUT2D eigenvalue weighted by atomic mass is 10.4.